The molecule has 1 saturated carbocycles. The van der Waals surface area contributed by atoms with Crippen LogP contribution in [-0.2, 0) is 0 Å². The zero-order chi connectivity index (χ0) is 9.54. The fourth-order valence-electron chi connectivity index (χ4n) is 2.17. The van der Waals surface area contributed by atoms with Gasteiger partial charge in [-0.25, -0.2) is 0 Å². The Morgan fingerprint density at radius 2 is 2.21 bits per heavy atom. The van der Waals surface area contributed by atoms with Gasteiger partial charge in [0.2, 0.25) is 0 Å². The molecule has 0 bridgehead atoms. The van der Waals surface area contributed by atoms with E-state index in [0.717, 1.165) is 18.4 Å². The van der Waals surface area contributed by atoms with E-state index in [1.807, 2.05) is 11.3 Å². The molecule has 1 heterocycles. The summed E-state index contributed by atoms with van der Waals surface area (Å²) in [6.07, 6.45) is 1.29. The average molecular weight is 203 g/mol. The van der Waals surface area contributed by atoms with E-state index < -0.39 is 0 Å². The molecule has 2 N–H and O–H groups in total. The molecule has 2 atom stereocenters. The van der Waals surface area contributed by atoms with E-state index in [9.17, 15) is 0 Å². The molecule has 1 aliphatic rings. The second kappa shape index (κ2) is 3.07. The van der Waals surface area contributed by atoms with Crippen molar-refractivity contribution in [2.75, 3.05) is 6.54 Å². The molecule has 0 spiro atoms. The number of benzene rings is 1. The molecule has 1 fully saturated rings. The molecule has 1 aromatic carbocycles. The van der Waals surface area contributed by atoms with Crippen molar-refractivity contribution in [2.24, 2.45) is 11.7 Å². The van der Waals surface area contributed by atoms with Gasteiger partial charge in [0.05, 0.1) is 0 Å². The summed E-state index contributed by atoms with van der Waals surface area (Å²) in [5, 5.41) is 3.75. The first-order valence-corrected chi connectivity index (χ1v) is 5.94. The summed E-state index contributed by atoms with van der Waals surface area (Å²) in [4.78, 5) is 0. The van der Waals surface area contributed by atoms with Gasteiger partial charge < -0.3 is 5.73 Å². The molecule has 1 aliphatic carbocycles. The fraction of sp³-hybridized carbons (Fsp3) is 0.333. The summed E-state index contributed by atoms with van der Waals surface area (Å²) >= 11 is 1.85. The van der Waals surface area contributed by atoms with Crippen molar-refractivity contribution in [3.05, 3.63) is 35.2 Å². The highest BCUT2D eigenvalue weighted by Crippen LogP contribution is 2.50. The molecule has 0 aliphatic heterocycles. The molecule has 3 rings (SSSR count). The van der Waals surface area contributed by atoms with Crippen LogP contribution in [0.1, 0.15) is 17.9 Å². The van der Waals surface area contributed by atoms with Gasteiger partial charge in [0, 0.05) is 4.70 Å². The lowest BCUT2D eigenvalue weighted by atomic mass is 10.1. The van der Waals surface area contributed by atoms with Crippen LogP contribution in [0.25, 0.3) is 10.1 Å². The van der Waals surface area contributed by atoms with Crippen molar-refractivity contribution in [1.29, 1.82) is 0 Å². The zero-order valence-electron chi connectivity index (χ0n) is 7.94. The molecule has 0 radical (unpaired) electrons. The fourth-order valence-corrected chi connectivity index (χ4v) is 3.20. The highest BCUT2D eigenvalue weighted by molar-refractivity contribution is 7.17. The van der Waals surface area contributed by atoms with E-state index >= 15 is 0 Å². The molecule has 2 aromatic rings. The molecular weight excluding hydrogens is 190 g/mol. The first kappa shape index (κ1) is 8.45. The summed E-state index contributed by atoms with van der Waals surface area (Å²) in [5.41, 5.74) is 7.21. The van der Waals surface area contributed by atoms with Crippen molar-refractivity contribution >= 4 is 21.4 Å². The smallest absolute Gasteiger partial charge is 0.0345 e. The monoisotopic (exact) mass is 203 g/mol. The highest BCUT2D eigenvalue weighted by atomic mass is 32.1. The second-order valence-corrected chi connectivity index (χ2v) is 4.94. The summed E-state index contributed by atoms with van der Waals surface area (Å²) in [7, 11) is 0. The molecule has 1 nitrogen and oxygen atoms in total. The van der Waals surface area contributed by atoms with Gasteiger partial charge in [-0.05, 0) is 47.2 Å². The van der Waals surface area contributed by atoms with Crippen LogP contribution >= 0.6 is 11.3 Å². The van der Waals surface area contributed by atoms with Crippen molar-refractivity contribution in [1.82, 2.24) is 0 Å². The quantitative estimate of drug-likeness (QED) is 0.798. The van der Waals surface area contributed by atoms with E-state index in [4.69, 9.17) is 5.73 Å². The minimum absolute atomic E-state index is 0.744. The summed E-state index contributed by atoms with van der Waals surface area (Å²) in [6.45, 7) is 0.842. The maximum atomic E-state index is 5.68. The molecule has 2 heteroatoms. The topological polar surface area (TPSA) is 26.0 Å². The zero-order valence-corrected chi connectivity index (χ0v) is 8.76. The molecule has 1 aromatic heterocycles. The predicted molar refractivity (Wildman–Crippen MR) is 61.7 cm³/mol. The standard InChI is InChI=1S/C12H13NS/c13-6-8-5-10(8)11-7-14-12-4-2-1-3-9(11)12/h1-4,7-8,10H,5-6,13H2. The van der Waals surface area contributed by atoms with Gasteiger partial charge in [-0.3, -0.25) is 0 Å². The third-order valence-electron chi connectivity index (χ3n) is 3.14. The van der Waals surface area contributed by atoms with Gasteiger partial charge >= 0.3 is 0 Å². The molecule has 0 saturated heterocycles. The van der Waals surface area contributed by atoms with E-state index in [0.29, 0.717) is 0 Å². The van der Waals surface area contributed by atoms with Gasteiger partial charge in [0.25, 0.3) is 0 Å². The third kappa shape index (κ3) is 1.18. The molecule has 0 amide bonds. The number of hydrogen-bond donors (Lipinski definition) is 1. The minimum Gasteiger partial charge on any atom is -0.330 e. The van der Waals surface area contributed by atoms with E-state index in [-0.39, 0.29) is 0 Å². The van der Waals surface area contributed by atoms with Crippen LogP contribution in [0, 0.1) is 5.92 Å². The molecular formula is C12H13NS. The SMILES string of the molecule is NCC1CC1c1csc2ccccc12. The van der Waals surface area contributed by atoms with Gasteiger partial charge in [0.15, 0.2) is 0 Å². The van der Waals surface area contributed by atoms with Crippen LogP contribution in [0.5, 0.6) is 0 Å². The highest BCUT2D eigenvalue weighted by Gasteiger charge is 2.38. The first-order chi connectivity index (χ1) is 6.90. The third-order valence-corrected chi connectivity index (χ3v) is 4.12. The molecule has 72 valence electrons. The predicted octanol–water partition coefficient (Wildman–Crippen LogP) is 2.96. The van der Waals surface area contributed by atoms with Crippen molar-refractivity contribution in [2.45, 2.75) is 12.3 Å². The second-order valence-electron chi connectivity index (χ2n) is 4.03. The Balaban J connectivity index is 2.06. The van der Waals surface area contributed by atoms with Crippen LogP contribution in [0.2, 0.25) is 0 Å². The molecule has 14 heavy (non-hydrogen) atoms. The first-order valence-electron chi connectivity index (χ1n) is 5.06. The van der Waals surface area contributed by atoms with E-state index in [1.165, 1.54) is 22.1 Å². The largest absolute Gasteiger partial charge is 0.330 e. The Labute approximate surface area is 87.5 Å². The van der Waals surface area contributed by atoms with Crippen LogP contribution in [-0.4, -0.2) is 6.54 Å². The van der Waals surface area contributed by atoms with Crippen LogP contribution < -0.4 is 5.73 Å². The Morgan fingerprint density at radius 3 is 3.00 bits per heavy atom. The Bertz CT molecular complexity index is 460. The van der Waals surface area contributed by atoms with Crippen molar-refractivity contribution in [3.8, 4) is 0 Å². The normalized spacial score (nSPS) is 25.5. The maximum absolute atomic E-state index is 5.68. The lowest BCUT2D eigenvalue weighted by Gasteiger charge is -1.96. The maximum Gasteiger partial charge on any atom is 0.0345 e. The lowest BCUT2D eigenvalue weighted by Crippen LogP contribution is -2.01. The number of thiophene rings is 1. The van der Waals surface area contributed by atoms with Crippen LogP contribution in [0.15, 0.2) is 29.6 Å². The van der Waals surface area contributed by atoms with Crippen molar-refractivity contribution < 1.29 is 0 Å². The minimum atomic E-state index is 0.744. The number of nitrogens with two attached hydrogens (primary N) is 1. The summed E-state index contributed by atoms with van der Waals surface area (Å²) < 4.78 is 1.41. The Morgan fingerprint density at radius 1 is 1.36 bits per heavy atom. The number of hydrogen-bond acceptors (Lipinski definition) is 2. The van der Waals surface area contributed by atoms with Gasteiger partial charge in [-0.15, -0.1) is 11.3 Å². The molecule has 2 unspecified atom stereocenters. The van der Waals surface area contributed by atoms with Gasteiger partial charge in [-0.1, -0.05) is 18.2 Å². The van der Waals surface area contributed by atoms with Gasteiger partial charge in [0.1, 0.15) is 0 Å². The average Bonchev–Trinajstić information content (AvgIpc) is 2.90. The van der Waals surface area contributed by atoms with E-state index in [1.54, 1.807) is 0 Å². The van der Waals surface area contributed by atoms with E-state index in [2.05, 4.69) is 29.6 Å². The number of fused-ring (bicyclic) bond motifs is 1. The van der Waals surface area contributed by atoms with Crippen molar-refractivity contribution in [3.63, 3.8) is 0 Å². The summed E-state index contributed by atoms with van der Waals surface area (Å²) in [5.74, 6) is 1.49. The number of rotatable bonds is 2. The lowest BCUT2D eigenvalue weighted by molar-refractivity contribution is 0.813. The van der Waals surface area contributed by atoms with Gasteiger partial charge in [-0.2, -0.15) is 0 Å². The van der Waals surface area contributed by atoms with Crippen LogP contribution in [0.3, 0.4) is 0 Å². The Kier molecular flexibility index (Phi) is 1.85. The summed E-state index contributed by atoms with van der Waals surface area (Å²) in [6, 6.07) is 8.66. The Hall–Kier alpha value is -0.860. The van der Waals surface area contributed by atoms with Crippen LogP contribution in [0.4, 0.5) is 0 Å².